The van der Waals surface area contributed by atoms with E-state index >= 15 is 0 Å². The van der Waals surface area contributed by atoms with E-state index < -0.39 is 27.2 Å². The molecule has 1 rings (SSSR count). The molecule has 0 atom stereocenters. The van der Waals surface area contributed by atoms with Crippen LogP contribution in [0.25, 0.3) is 0 Å². The number of ether oxygens (including phenoxy) is 1. The van der Waals surface area contributed by atoms with Crippen molar-refractivity contribution in [2.24, 2.45) is 0 Å². The molecule has 1 aromatic carbocycles. The second-order valence-corrected chi connectivity index (χ2v) is 5.48. The van der Waals surface area contributed by atoms with E-state index in [0.29, 0.717) is 0 Å². The van der Waals surface area contributed by atoms with Gasteiger partial charge in [0.1, 0.15) is 5.75 Å². The van der Waals surface area contributed by atoms with Crippen LogP contribution in [0.1, 0.15) is 10.4 Å². The summed E-state index contributed by atoms with van der Waals surface area (Å²) in [4.78, 5) is 11.5. The molecule has 0 fully saturated rings. The number of halogens is 1. The van der Waals surface area contributed by atoms with Crippen molar-refractivity contribution in [1.29, 1.82) is 0 Å². The maximum atomic E-state index is 13.0. The van der Waals surface area contributed by atoms with Crippen LogP contribution in [0.15, 0.2) is 18.2 Å². The Morgan fingerprint density at radius 2 is 2.06 bits per heavy atom. The highest BCUT2D eigenvalue weighted by Gasteiger charge is 2.15. The molecule has 0 saturated carbocycles. The van der Waals surface area contributed by atoms with Crippen LogP contribution in [0.5, 0.6) is 5.75 Å². The summed E-state index contributed by atoms with van der Waals surface area (Å²) >= 11 is 0. The Balaban J connectivity index is 3.01. The normalized spacial score (nSPS) is 11.2. The predicted molar refractivity (Wildman–Crippen MR) is 57.0 cm³/mol. The van der Waals surface area contributed by atoms with Gasteiger partial charge in [0.2, 0.25) is 0 Å². The standard InChI is InChI=1S/C10H11FO4S/c1-15-10-5-7(3-4-8(10)11)9(12)6-16(2,13)14/h3-5H,6H2,1-2H3. The fourth-order valence-corrected chi connectivity index (χ4v) is 1.80. The van der Waals surface area contributed by atoms with Crippen LogP contribution in [0.3, 0.4) is 0 Å². The Kier molecular flexibility index (Phi) is 3.64. The molecule has 0 bridgehead atoms. The Labute approximate surface area is 93.0 Å². The lowest BCUT2D eigenvalue weighted by molar-refractivity contribution is 0.102. The summed E-state index contributed by atoms with van der Waals surface area (Å²) in [6.45, 7) is 0. The first-order valence-corrected chi connectivity index (χ1v) is 6.44. The van der Waals surface area contributed by atoms with Gasteiger partial charge in [-0.1, -0.05) is 0 Å². The highest BCUT2D eigenvalue weighted by Crippen LogP contribution is 2.18. The van der Waals surface area contributed by atoms with Gasteiger partial charge in [0.25, 0.3) is 0 Å². The number of sulfone groups is 1. The Morgan fingerprint density at radius 1 is 1.44 bits per heavy atom. The lowest BCUT2D eigenvalue weighted by atomic mass is 10.1. The van der Waals surface area contributed by atoms with Crippen LogP contribution >= 0.6 is 0 Å². The largest absolute Gasteiger partial charge is 0.494 e. The van der Waals surface area contributed by atoms with E-state index in [1.165, 1.54) is 19.2 Å². The summed E-state index contributed by atoms with van der Waals surface area (Å²) in [5, 5.41) is 0. The first kappa shape index (κ1) is 12.6. The molecule has 88 valence electrons. The van der Waals surface area contributed by atoms with Gasteiger partial charge in [0.05, 0.1) is 7.11 Å². The summed E-state index contributed by atoms with van der Waals surface area (Å²) in [7, 11) is -2.12. The maximum absolute atomic E-state index is 13.0. The highest BCUT2D eigenvalue weighted by molar-refractivity contribution is 7.91. The molecule has 0 aliphatic carbocycles. The van der Waals surface area contributed by atoms with E-state index in [9.17, 15) is 17.6 Å². The lowest BCUT2D eigenvalue weighted by Crippen LogP contribution is -2.14. The number of methoxy groups -OCH3 is 1. The number of hydrogen-bond donors (Lipinski definition) is 0. The van der Waals surface area contributed by atoms with Gasteiger partial charge < -0.3 is 4.74 Å². The first-order valence-electron chi connectivity index (χ1n) is 4.38. The van der Waals surface area contributed by atoms with Crippen molar-refractivity contribution in [2.45, 2.75) is 0 Å². The molecular formula is C10H11FO4S. The van der Waals surface area contributed by atoms with E-state index in [-0.39, 0.29) is 11.3 Å². The maximum Gasteiger partial charge on any atom is 0.177 e. The summed E-state index contributed by atoms with van der Waals surface area (Å²) < 4.78 is 39.5. The SMILES string of the molecule is COc1cc(C(=O)CS(C)(=O)=O)ccc1F. The molecular weight excluding hydrogens is 235 g/mol. The number of carbonyl (C=O) groups is 1. The molecule has 0 aliphatic rings. The van der Waals surface area contributed by atoms with E-state index in [1.54, 1.807) is 0 Å². The zero-order valence-electron chi connectivity index (χ0n) is 8.86. The minimum Gasteiger partial charge on any atom is -0.494 e. The zero-order valence-corrected chi connectivity index (χ0v) is 9.67. The third-order valence-corrected chi connectivity index (χ3v) is 2.65. The van der Waals surface area contributed by atoms with E-state index in [2.05, 4.69) is 4.74 Å². The van der Waals surface area contributed by atoms with Crippen molar-refractivity contribution in [1.82, 2.24) is 0 Å². The van der Waals surface area contributed by atoms with Gasteiger partial charge in [-0.3, -0.25) is 4.79 Å². The van der Waals surface area contributed by atoms with Crippen molar-refractivity contribution in [2.75, 3.05) is 19.1 Å². The molecule has 0 spiro atoms. The van der Waals surface area contributed by atoms with Crippen LogP contribution in [0.4, 0.5) is 4.39 Å². The molecule has 0 saturated heterocycles. The van der Waals surface area contributed by atoms with Crippen molar-refractivity contribution in [3.8, 4) is 5.75 Å². The average molecular weight is 246 g/mol. The topological polar surface area (TPSA) is 60.4 Å². The van der Waals surface area contributed by atoms with E-state index in [1.807, 2.05) is 0 Å². The van der Waals surface area contributed by atoms with Crippen LogP contribution in [0, 0.1) is 5.82 Å². The first-order chi connectivity index (χ1) is 7.33. The van der Waals surface area contributed by atoms with Gasteiger partial charge in [-0.25, -0.2) is 12.8 Å². The fourth-order valence-electron chi connectivity index (χ4n) is 1.15. The minimum atomic E-state index is -3.39. The zero-order chi connectivity index (χ0) is 12.3. The Hall–Kier alpha value is -1.43. The monoisotopic (exact) mass is 246 g/mol. The third kappa shape index (κ3) is 3.30. The van der Waals surface area contributed by atoms with Crippen LogP contribution in [-0.2, 0) is 9.84 Å². The number of benzene rings is 1. The highest BCUT2D eigenvalue weighted by atomic mass is 32.2. The second-order valence-electron chi connectivity index (χ2n) is 3.34. The second kappa shape index (κ2) is 4.61. The molecule has 1 aromatic rings. The molecule has 6 heteroatoms. The molecule has 0 aromatic heterocycles. The van der Waals surface area contributed by atoms with Crippen LogP contribution < -0.4 is 4.74 Å². The molecule has 0 heterocycles. The molecule has 16 heavy (non-hydrogen) atoms. The van der Waals surface area contributed by atoms with E-state index in [4.69, 9.17) is 0 Å². The summed E-state index contributed by atoms with van der Waals surface area (Å²) in [5.74, 6) is -1.86. The molecule has 0 unspecified atom stereocenters. The summed E-state index contributed by atoms with van der Waals surface area (Å²) in [6.07, 6.45) is 0.964. The third-order valence-electron chi connectivity index (χ3n) is 1.87. The fraction of sp³-hybridized carbons (Fsp3) is 0.300. The van der Waals surface area contributed by atoms with Crippen molar-refractivity contribution in [3.05, 3.63) is 29.6 Å². The van der Waals surface area contributed by atoms with Crippen molar-refractivity contribution >= 4 is 15.6 Å². The average Bonchev–Trinajstić information content (AvgIpc) is 2.15. The minimum absolute atomic E-state index is 0.0839. The predicted octanol–water partition coefficient (Wildman–Crippen LogP) is 1.06. The number of rotatable bonds is 4. The van der Waals surface area contributed by atoms with Crippen LogP contribution in [-0.4, -0.2) is 33.3 Å². The van der Waals surface area contributed by atoms with Gasteiger partial charge in [-0.15, -0.1) is 0 Å². The number of Topliss-reactive ketones (excluding diaryl/α,β-unsaturated/α-hetero) is 1. The van der Waals surface area contributed by atoms with Gasteiger partial charge in [-0.2, -0.15) is 0 Å². The summed E-state index contributed by atoms with van der Waals surface area (Å²) in [5.41, 5.74) is 0.115. The number of carbonyl (C=O) groups excluding carboxylic acids is 1. The molecule has 0 radical (unpaired) electrons. The van der Waals surface area contributed by atoms with E-state index in [0.717, 1.165) is 12.3 Å². The Morgan fingerprint density at radius 3 is 2.56 bits per heavy atom. The van der Waals surface area contributed by atoms with Gasteiger partial charge in [0.15, 0.2) is 27.2 Å². The lowest BCUT2D eigenvalue weighted by Gasteiger charge is -2.04. The van der Waals surface area contributed by atoms with Crippen LogP contribution in [0.2, 0.25) is 0 Å². The summed E-state index contributed by atoms with van der Waals surface area (Å²) in [6, 6.07) is 3.47. The van der Waals surface area contributed by atoms with Gasteiger partial charge >= 0.3 is 0 Å². The van der Waals surface area contributed by atoms with Crippen molar-refractivity contribution < 1.29 is 22.3 Å². The number of hydrogen-bond acceptors (Lipinski definition) is 4. The molecule has 4 nitrogen and oxygen atoms in total. The quantitative estimate of drug-likeness (QED) is 0.745. The molecule has 0 N–H and O–H groups in total. The number of ketones is 1. The van der Waals surface area contributed by atoms with Gasteiger partial charge in [0, 0.05) is 11.8 Å². The van der Waals surface area contributed by atoms with Gasteiger partial charge in [-0.05, 0) is 18.2 Å². The molecule has 0 amide bonds. The Bertz CT molecular complexity index is 508. The smallest absolute Gasteiger partial charge is 0.177 e. The van der Waals surface area contributed by atoms with Crippen molar-refractivity contribution in [3.63, 3.8) is 0 Å². The molecule has 0 aliphatic heterocycles.